The Morgan fingerprint density at radius 1 is 1.14 bits per heavy atom. The molecule has 5 aliphatic heterocycles. The van der Waals surface area contributed by atoms with Crippen LogP contribution in [-0.4, -0.2) is 41.3 Å². The van der Waals surface area contributed by atoms with Gasteiger partial charge in [0, 0.05) is 12.3 Å². The molecule has 21 heavy (non-hydrogen) atoms. The Balaban J connectivity index is 1.66. The van der Waals surface area contributed by atoms with Gasteiger partial charge in [0.25, 0.3) is 0 Å². The van der Waals surface area contributed by atoms with Crippen molar-refractivity contribution in [3.05, 3.63) is 0 Å². The van der Waals surface area contributed by atoms with Gasteiger partial charge < -0.3 is 19.3 Å². The maximum Gasteiger partial charge on any atom is 0.201 e. The standard InChI is InChI=1S/C15H22O6/c1-8-3-4-10-14(7-17-14)11(16)18-12-15(10)9(8)5-6-13(2,19-12)20-21-15/h8-12,16H,3-7H2,1-2H3/t8-,9?,10?,11?,12-,13-,14+,15-/m1/s1. The van der Waals surface area contributed by atoms with Crippen LogP contribution in [0.2, 0.25) is 0 Å². The summed E-state index contributed by atoms with van der Waals surface area (Å²) >= 11 is 0. The minimum absolute atomic E-state index is 0.0580. The summed E-state index contributed by atoms with van der Waals surface area (Å²) in [6.45, 7) is 4.67. The molecule has 118 valence electrons. The van der Waals surface area contributed by atoms with Crippen LogP contribution in [0.5, 0.6) is 0 Å². The van der Waals surface area contributed by atoms with Crippen molar-refractivity contribution in [2.24, 2.45) is 17.8 Å². The Morgan fingerprint density at radius 2 is 1.95 bits per heavy atom. The first kappa shape index (κ1) is 13.2. The van der Waals surface area contributed by atoms with Gasteiger partial charge in [-0.25, -0.2) is 9.78 Å². The van der Waals surface area contributed by atoms with E-state index in [0.29, 0.717) is 18.4 Å². The van der Waals surface area contributed by atoms with Gasteiger partial charge in [0.2, 0.25) is 5.79 Å². The molecule has 5 heterocycles. The summed E-state index contributed by atoms with van der Waals surface area (Å²) in [6, 6.07) is 0. The molecule has 5 saturated heterocycles. The second-order valence-electron chi connectivity index (χ2n) is 7.59. The molecule has 6 nitrogen and oxygen atoms in total. The first-order valence-electron chi connectivity index (χ1n) is 8.02. The van der Waals surface area contributed by atoms with E-state index < -0.39 is 29.6 Å². The summed E-state index contributed by atoms with van der Waals surface area (Å²) in [4.78, 5) is 11.7. The Labute approximate surface area is 123 Å². The topological polar surface area (TPSA) is 69.7 Å². The Hall–Kier alpha value is -0.240. The van der Waals surface area contributed by atoms with E-state index in [0.717, 1.165) is 25.7 Å². The molecule has 2 spiro atoms. The van der Waals surface area contributed by atoms with Crippen molar-refractivity contribution in [3.63, 3.8) is 0 Å². The monoisotopic (exact) mass is 298 g/mol. The summed E-state index contributed by atoms with van der Waals surface area (Å²) in [5.41, 5.74) is -1.27. The normalized spacial score (nSPS) is 65.0. The lowest BCUT2D eigenvalue weighted by molar-refractivity contribution is -0.577. The Bertz CT molecular complexity index is 479. The van der Waals surface area contributed by atoms with Crippen molar-refractivity contribution < 1.29 is 29.1 Å². The molecule has 2 bridgehead atoms. The molecular weight excluding hydrogens is 276 g/mol. The van der Waals surface area contributed by atoms with E-state index in [2.05, 4.69) is 6.92 Å². The predicted octanol–water partition coefficient (Wildman–Crippen LogP) is 1.32. The zero-order valence-corrected chi connectivity index (χ0v) is 12.4. The molecule has 1 N–H and O–H groups in total. The number of aliphatic hydroxyl groups is 1. The van der Waals surface area contributed by atoms with Crippen LogP contribution >= 0.6 is 0 Å². The maximum absolute atomic E-state index is 10.4. The molecule has 0 aromatic heterocycles. The van der Waals surface area contributed by atoms with Gasteiger partial charge in [-0.2, -0.15) is 0 Å². The molecule has 3 unspecified atom stereocenters. The van der Waals surface area contributed by atoms with Crippen molar-refractivity contribution in [1.82, 2.24) is 0 Å². The van der Waals surface area contributed by atoms with E-state index >= 15 is 0 Å². The molecule has 1 aliphatic carbocycles. The lowest BCUT2D eigenvalue weighted by atomic mass is 9.58. The molecular formula is C15H22O6. The van der Waals surface area contributed by atoms with Crippen LogP contribution in [0.15, 0.2) is 0 Å². The van der Waals surface area contributed by atoms with Crippen molar-refractivity contribution in [2.45, 2.75) is 69.1 Å². The van der Waals surface area contributed by atoms with Gasteiger partial charge in [0.15, 0.2) is 18.2 Å². The minimum Gasteiger partial charge on any atom is -0.365 e. The predicted molar refractivity (Wildman–Crippen MR) is 68.6 cm³/mol. The molecule has 1 saturated carbocycles. The van der Waals surface area contributed by atoms with Gasteiger partial charge in [0.1, 0.15) is 5.60 Å². The van der Waals surface area contributed by atoms with Gasteiger partial charge in [0.05, 0.1) is 6.61 Å². The van der Waals surface area contributed by atoms with Gasteiger partial charge in [-0.3, -0.25) is 0 Å². The summed E-state index contributed by atoms with van der Waals surface area (Å²) in [5, 5.41) is 10.4. The summed E-state index contributed by atoms with van der Waals surface area (Å²) < 4.78 is 17.6. The van der Waals surface area contributed by atoms with Gasteiger partial charge >= 0.3 is 0 Å². The fraction of sp³-hybridized carbons (Fsp3) is 1.00. The lowest BCUT2D eigenvalue weighted by Crippen LogP contribution is -2.73. The minimum atomic E-state index is -0.946. The SMILES string of the molecule is C[C@@H]1CCC2[C@@]3(CO3)C(O)O[C@@H]3O[C@@]4(C)CCC1[C@@]23OO4. The molecule has 0 aromatic carbocycles. The van der Waals surface area contributed by atoms with E-state index in [1.165, 1.54) is 0 Å². The van der Waals surface area contributed by atoms with Gasteiger partial charge in [-0.05, 0) is 38.0 Å². The first-order chi connectivity index (χ1) is 10.0. The molecule has 6 heteroatoms. The largest absolute Gasteiger partial charge is 0.365 e. The van der Waals surface area contributed by atoms with Crippen LogP contribution in [0, 0.1) is 17.8 Å². The fourth-order valence-electron chi connectivity index (χ4n) is 5.18. The number of epoxide rings is 1. The number of rotatable bonds is 0. The Kier molecular flexibility index (Phi) is 2.39. The van der Waals surface area contributed by atoms with Crippen LogP contribution in [0.1, 0.15) is 39.5 Å². The molecule has 6 fully saturated rings. The third-order valence-electron chi connectivity index (χ3n) is 6.46. The highest BCUT2D eigenvalue weighted by molar-refractivity contribution is 5.18. The van der Waals surface area contributed by atoms with Crippen LogP contribution < -0.4 is 0 Å². The lowest BCUT2D eigenvalue weighted by Gasteiger charge is -2.59. The number of fused-ring (bicyclic) bond motifs is 3. The van der Waals surface area contributed by atoms with E-state index in [1.807, 2.05) is 6.92 Å². The number of ether oxygens (including phenoxy) is 3. The summed E-state index contributed by atoms with van der Waals surface area (Å²) in [7, 11) is 0. The van der Waals surface area contributed by atoms with E-state index in [9.17, 15) is 5.11 Å². The van der Waals surface area contributed by atoms with E-state index in [4.69, 9.17) is 24.0 Å². The summed E-state index contributed by atoms with van der Waals surface area (Å²) in [6.07, 6.45) is 2.29. The van der Waals surface area contributed by atoms with Crippen molar-refractivity contribution >= 4 is 0 Å². The highest BCUT2D eigenvalue weighted by Gasteiger charge is 2.77. The zero-order chi connectivity index (χ0) is 14.5. The van der Waals surface area contributed by atoms with Crippen LogP contribution in [-0.2, 0) is 24.0 Å². The molecule has 8 atom stereocenters. The quantitative estimate of drug-likeness (QED) is 0.537. The van der Waals surface area contributed by atoms with Crippen molar-refractivity contribution in [3.8, 4) is 0 Å². The average Bonchev–Trinajstić information content (AvgIpc) is 3.24. The average molecular weight is 298 g/mol. The smallest absolute Gasteiger partial charge is 0.201 e. The van der Waals surface area contributed by atoms with Crippen molar-refractivity contribution in [2.75, 3.05) is 6.61 Å². The molecule has 6 rings (SSSR count). The van der Waals surface area contributed by atoms with E-state index in [1.54, 1.807) is 0 Å². The van der Waals surface area contributed by atoms with Crippen LogP contribution in [0.25, 0.3) is 0 Å². The molecule has 6 aliphatic rings. The Morgan fingerprint density at radius 3 is 2.71 bits per heavy atom. The van der Waals surface area contributed by atoms with Gasteiger partial charge in [-0.1, -0.05) is 6.92 Å². The van der Waals surface area contributed by atoms with E-state index in [-0.39, 0.29) is 5.92 Å². The number of hydrogen-bond acceptors (Lipinski definition) is 6. The van der Waals surface area contributed by atoms with Crippen LogP contribution in [0.3, 0.4) is 0 Å². The zero-order valence-electron chi connectivity index (χ0n) is 12.4. The molecule has 0 radical (unpaired) electrons. The second-order valence-corrected chi connectivity index (χ2v) is 7.59. The third kappa shape index (κ3) is 1.44. The molecule has 0 amide bonds. The highest BCUT2D eigenvalue weighted by atomic mass is 17.3. The fourth-order valence-corrected chi connectivity index (χ4v) is 5.18. The maximum atomic E-state index is 10.4. The first-order valence-corrected chi connectivity index (χ1v) is 8.02. The highest BCUT2D eigenvalue weighted by Crippen LogP contribution is 2.64. The van der Waals surface area contributed by atoms with Crippen molar-refractivity contribution in [1.29, 1.82) is 0 Å². The number of hydrogen-bond donors (Lipinski definition) is 1. The molecule has 0 aromatic rings. The number of aliphatic hydroxyl groups excluding tert-OH is 1. The van der Waals surface area contributed by atoms with Gasteiger partial charge in [-0.15, -0.1) is 0 Å². The third-order valence-corrected chi connectivity index (χ3v) is 6.46. The summed E-state index contributed by atoms with van der Waals surface area (Å²) in [5.74, 6) is 0.0967. The van der Waals surface area contributed by atoms with Crippen LogP contribution in [0.4, 0.5) is 0 Å². The second kappa shape index (κ2) is 3.80.